The van der Waals surface area contributed by atoms with Crippen LogP contribution in [0.3, 0.4) is 0 Å². The van der Waals surface area contributed by atoms with E-state index in [-0.39, 0.29) is 5.41 Å². The highest BCUT2D eigenvalue weighted by Crippen LogP contribution is 2.37. The normalized spacial score (nSPS) is 25.2. The standard InChI is InChI=1S/C16H21N3O2/c1-2-16(4-5-17-10-16)15-18-11-8-13-14(9-12(11)19-15)21-7-3-6-20-13/h8-9,17H,2-7,10H2,1H3,(H,18,19). The van der Waals surface area contributed by atoms with E-state index in [2.05, 4.69) is 17.2 Å². The Labute approximate surface area is 124 Å². The van der Waals surface area contributed by atoms with Crippen LogP contribution in [-0.4, -0.2) is 36.3 Å². The SMILES string of the molecule is CCC1(c2nc3cc4c(cc3[nH]2)OCCCO4)CCNC1. The molecule has 0 radical (unpaired) electrons. The number of nitrogens with one attached hydrogen (secondary N) is 2. The minimum Gasteiger partial charge on any atom is -0.489 e. The van der Waals surface area contributed by atoms with E-state index in [0.717, 1.165) is 60.7 Å². The van der Waals surface area contributed by atoms with Gasteiger partial charge in [0.25, 0.3) is 0 Å². The highest BCUT2D eigenvalue weighted by molar-refractivity contribution is 5.80. The number of nitrogens with zero attached hydrogens (tertiary/aromatic N) is 1. The maximum Gasteiger partial charge on any atom is 0.163 e. The smallest absolute Gasteiger partial charge is 0.163 e. The monoisotopic (exact) mass is 287 g/mol. The Morgan fingerprint density at radius 2 is 2.05 bits per heavy atom. The van der Waals surface area contributed by atoms with Crippen molar-refractivity contribution in [2.75, 3.05) is 26.3 Å². The quantitative estimate of drug-likeness (QED) is 0.890. The van der Waals surface area contributed by atoms with Gasteiger partial charge in [0.05, 0.1) is 24.2 Å². The van der Waals surface area contributed by atoms with Gasteiger partial charge in [0, 0.05) is 30.5 Å². The minimum absolute atomic E-state index is 0.137. The summed E-state index contributed by atoms with van der Waals surface area (Å²) in [7, 11) is 0. The van der Waals surface area contributed by atoms with Crippen LogP contribution in [0.2, 0.25) is 0 Å². The molecule has 0 aliphatic carbocycles. The molecule has 4 rings (SSSR count). The molecule has 0 bridgehead atoms. The fraction of sp³-hybridized carbons (Fsp3) is 0.562. The molecule has 5 nitrogen and oxygen atoms in total. The van der Waals surface area contributed by atoms with E-state index in [1.54, 1.807) is 0 Å². The molecule has 2 aromatic rings. The number of rotatable bonds is 2. The molecule has 2 aliphatic heterocycles. The van der Waals surface area contributed by atoms with Crippen LogP contribution in [-0.2, 0) is 5.41 Å². The van der Waals surface area contributed by atoms with Gasteiger partial charge in [-0.1, -0.05) is 6.92 Å². The van der Waals surface area contributed by atoms with Crippen LogP contribution in [0, 0.1) is 0 Å². The molecule has 1 atom stereocenters. The van der Waals surface area contributed by atoms with Gasteiger partial charge in [-0.15, -0.1) is 0 Å². The van der Waals surface area contributed by atoms with Crippen LogP contribution in [0.5, 0.6) is 11.5 Å². The van der Waals surface area contributed by atoms with Gasteiger partial charge in [0.1, 0.15) is 5.82 Å². The van der Waals surface area contributed by atoms with Crippen molar-refractivity contribution in [2.24, 2.45) is 0 Å². The second-order valence-electron chi connectivity index (χ2n) is 6.01. The van der Waals surface area contributed by atoms with Gasteiger partial charge < -0.3 is 19.8 Å². The molecule has 0 saturated carbocycles. The molecule has 112 valence electrons. The van der Waals surface area contributed by atoms with Crippen molar-refractivity contribution in [3.63, 3.8) is 0 Å². The number of aromatic amines is 1. The number of benzene rings is 1. The number of hydrogen-bond donors (Lipinski definition) is 2. The Bertz CT molecular complexity index is 616. The minimum atomic E-state index is 0.137. The molecular weight excluding hydrogens is 266 g/mol. The second-order valence-corrected chi connectivity index (χ2v) is 6.01. The third-order valence-corrected chi connectivity index (χ3v) is 4.77. The number of hydrogen-bond acceptors (Lipinski definition) is 4. The molecule has 3 heterocycles. The summed E-state index contributed by atoms with van der Waals surface area (Å²) in [5, 5.41) is 3.46. The first-order chi connectivity index (χ1) is 10.3. The van der Waals surface area contributed by atoms with E-state index in [0.29, 0.717) is 13.2 Å². The van der Waals surface area contributed by atoms with Gasteiger partial charge >= 0.3 is 0 Å². The molecule has 5 heteroatoms. The summed E-state index contributed by atoms with van der Waals surface area (Å²) in [4.78, 5) is 8.36. The lowest BCUT2D eigenvalue weighted by Gasteiger charge is -2.23. The van der Waals surface area contributed by atoms with Gasteiger partial charge in [-0.3, -0.25) is 0 Å². The summed E-state index contributed by atoms with van der Waals surface area (Å²) in [5.41, 5.74) is 2.14. The van der Waals surface area contributed by atoms with E-state index >= 15 is 0 Å². The van der Waals surface area contributed by atoms with Crippen LogP contribution in [0.4, 0.5) is 0 Å². The number of fused-ring (bicyclic) bond motifs is 2. The maximum atomic E-state index is 5.76. The molecule has 1 saturated heterocycles. The van der Waals surface area contributed by atoms with Crippen molar-refractivity contribution >= 4 is 11.0 Å². The van der Waals surface area contributed by atoms with Crippen LogP contribution in [0.25, 0.3) is 11.0 Å². The predicted octanol–water partition coefficient (Wildman–Crippen LogP) is 2.37. The summed E-state index contributed by atoms with van der Waals surface area (Å²) >= 11 is 0. The highest BCUT2D eigenvalue weighted by atomic mass is 16.5. The fourth-order valence-corrected chi connectivity index (χ4v) is 3.33. The van der Waals surface area contributed by atoms with Crippen LogP contribution in [0.1, 0.15) is 32.0 Å². The summed E-state index contributed by atoms with van der Waals surface area (Å²) in [6, 6.07) is 4.03. The first-order valence-corrected chi connectivity index (χ1v) is 7.81. The molecule has 1 unspecified atom stereocenters. The molecule has 0 amide bonds. The van der Waals surface area contributed by atoms with Crippen molar-refractivity contribution < 1.29 is 9.47 Å². The van der Waals surface area contributed by atoms with Crippen LogP contribution in [0.15, 0.2) is 12.1 Å². The third-order valence-electron chi connectivity index (χ3n) is 4.77. The zero-order chi connectivity index (χ0) is 14.3. The van der Waals surface area contributed by atoms with E-state index in [4.69, 9.17) is 14.5 Å². The number of H-pyrrole nitrogens is 1. The molecule has 1 aromatic heterocycles. The largest absolute Gasteiger partial charge is 0.489 e. The fourth-order valence-electron chi connectivity index (χ4n) is 3.33. The summed E-state index contributed by atoms with van der Waals surface area (Å²) in [6.07, 6.45) is 3.15. The van der Waals surface area contributed by atoms with Gasteiger partial charge in [0.2, 0.25) is 0 Å². The van der Waals surface area contributed by atoms with Crippen molar-refractivity contribution in [3.05, 3.63) is 18.0 Å². The lowest BCUT2D eigenvalue weighted by molar-refractivity contribution is 0.297. The second kappa shape index (κ2) is 4.91. The van der Waals surface area contributed by atoms with Crippen LogP contribution < -0.4 is 14.8 Å². The molecule has 1 aromatic carbocycles. The van der Waals surface area contributed by atoms with Crippen LogP contribution >= 0.6 is 0 Å². The van der Waals surface area contributed by atoms with E-state index in [1.165, 1.54) is 0 Å². The number of imidazole rings is 1. The summed E-state index contributed by atoms with van der Waals surface area (Å²) < 4.78 is 11.5. The average Bonchev–Trinajstić information content (AvgIpc) is 3.07. The Morgan fingerprint density at radius 1 is 1.24 bits per heavy atom. The molecule has 1 fully saturated rings. The van der Waals surface area contributed by atoms with Crippen molar-refractivity contribution in [1.82, 2.24) is 15.3 Å². The Morgan fingerprint density at radius 3 is 2.76 bits per heavy atom. The van der Waals surface area contributed by atoms with Gasteiger partial charge in [-0.2, -0.15) is 0 Å². The molecule has 0 spiro atoms. The van der Waals surface area contributed by atoms with Gasteiger partial charge in [-0.25, -0.2) is 4.98 Å². The van der Waals surface area contributed by atoms with E-state index < -0.39 is 0 Å². The predicted molar refractivity (Wildman–Crippen MR) is 81.2 cm³/mol. The van der Waals surface area contributed by atoms with Gasteiger partial charge in [0.15, 0.2) is 11.5 Å². The molecular formula is C16H21N3O2. The summed E-state index contributed by atoms with van der Waals surface area (Å²) in [6.45, 7) is 5.71. The first-order valence-electron chi connectivity index (χ1n) is 7.81. The van der Waals surface area contributed by atoms with Crippen molar-refractivity contribution in [1.29, 1.82) is 0 Å². The lowest BCUT2D eigenvalue weighted by Crippen LogP contribution is -2.29. The Kier molecular flexibility index (Phi) is 3.03. The Hall–Kier alpha value is -1.75. The van der Waals surface area contributed by atoms with Crippen molar-refractivity contribution in [2.45, 2.75) is 31.6 Å². The van der Waals surface area contributed by atoms with Crippen molar-refractivity contribution in [3.8, 4) is 11.5 Å². The van der Waals surface area contributed by atoms with E-state index in [9.17, 15) is 0 Å². The molecule has 21 heavy (non-hydrogen) atoms. The van der Waals surface area contributed by atoms with Gasteiger partial charge in [-0.05, 0) is 19.4 Å². The average molecular weight is 287 g/mol. The topological polar surface area (TPSA) is 59.2 Å². The van der Waals surface area contributed by atoms with E-state index in [1.807, 2.05) is 12.1 Å². The highest BCUT2D eigenvalue weighted by Gasteiger charge is 2.36. The molecule has 2 N–H and O–H groups in total. The third kappa shape index (κ3) is 2.07. The first kappa shape index (κ1) is 13.0. The lowest BCUT2D eigenvalue weighted by atomic mass is 9.83. The summed E-state index contributed by atoms with van der Waals surface area (Å²) in [5.74, 6) is 2.73. The zero-order valence-electron chi connectivity index (χ0n) is 12.4. The zero-order valence-corrected chi connectivity index (χ0v) is 12.4. The number of aromatic nitrogens is 2. The Balaban J connectivity index is 1.79. The maximum absolute atomic E-state index is 5.76. The number of ether oxygens (including phenoxy) is 2. The molecule has 2 aliphatic rings.